The zero-order valence-corrected chi connectivity index (χ0v) is 17.6. The Morgan fingerprint density at radius 3 is 2.65 bits per heavy atom. The molecule has 4 rings (SSSR count). The highest BCUT2D eigenvalue weighted by Gasteiger charge is 2.20. The number of nitrogens with two attached hydrogens (primary N) is 1. The van der Waals surface area contributed by atoms with Crippen LogP contribution >= 0.6 is 35.7 Å². The van der Waals surface area contributed by atoms with Crippen LogP contribution in [0, 0.1) is 0 Å². The first kappa shape index (κ1) is 19.2. The van der Waals surface area contributed by atoms with Gasteiger partial charge in [0.05, 0.1) is 5.69 Å². The lowest BCUT2D eigenvalue weighted by atomic mass is 10.3. The summed E-state index contributed by atoms with van der Waals surface area (Å²) in [5.41, 5.74) is 7.27. The molecule has 0 amide bonds. The molecule has 2 N–H and O–H groups in total. The zero-order chi connectivity index (χ0) is 17.1. The molecule has 1 saturated heterocycles. The number of anilines is 1. The summed E-state index contributed by atoms with van der Waals surface area (Å²) >= 11 is 1.82. The fraction of sp³-hybridized carbons (Fsp3) is 0.500. The molecule has 8 nitrogen and oxygen atoms in total. The van der Waals surface area contributed by atoms with Gasteiger partial charge in [-0.05, 0) is 6.07 Å². The smallest absolute Gasteiger partial charge is 0.225 e. The normalized spacial score (nSPS) is 17.2. The van der Waals surface area contributed by atoms with Gasteiger partial charge in [0.25, 0.3) is 0 Å². The third kappa shape index (κ3) is 4.40. The Balaban J connectivity index is 0.00000196. The van der Waals surface area contributed by atoms with Crippen molar-refractivity contribution < 1.29 is 0 Å². The molecule has 2 aromatic rings. The summed E-state index contributed by atoms with van der Waals surface area (Å²) in [5.74, 6) is 2.53. The standard InChI is InChI=1S/C16H22N8S.HI/c17-14(18-5-2-13-12-24-10-11-25-16(24)21-13)22-6-8-23(9-7-22)15-19-3-1-4-20-15;/h1,3-4,12H,2,5-11H2,(H2,17,18);1H. The van der Waals surface area contributed by atoms with Crippen molar-refractivity contribution in [1.29, 1.82) is 0 Å². The fourth-order valence-electron chi connectivity index (χ4n) is 3.06. The Kier molecular flexibility index (Phi) is 6.57. The van der Waals surface area contributed by atoms with E-state index in [9.17, 15) is 0 Å². The molecule has 0 spiro atoms. The van der Waals surface area contributed by atoms with Gasteiger partial charge in [-0.1, -0.05) is 11.8 Å². The van der Waals surface area contributed by atoms with Gasteiger partial charge in [-0.25, -0.2) is 15.0 Å². The Hall–Kier alpha value is -1.56. The van der Waals surface area contributed by atoms with Gasteiger partial charge in [0.15, 0.2) is 11.1 Å². The number of aromatic nitrogens is 4. The van der Waals surface area contributed by atoms with Gasteiger partial charge in [0, 0.05) is 70.0 Å². The summed E-state index contributed by atoms with van der Waals surface area (Å²) in [5, 5.41) is 1.13. The first-order chi connectivity index (χ1) is 12.3. The first-order valence-electron chi connectivity index (χ1n) is 8.55. The van der Waals surface area contributed by atoms with Crippen molar-refractivity contribution in [2.75, 3.05) is 43.4 Å². The SMILES string of the molecule is I.NC(=NCCc1cn2c(n1)SCC2)N1CCN(c2ncccn2)CC1. The third-order valence-electron chi connectivity index (χ3n) is 4.43. The number of fused-ring (bicyclic) bond motifs is 1. The Labute approximate surface area is 174 Å². The van der Waals surface area contributed by atoms with Crippen LogP contribution in [0.1, 0.15) is 5.69 Å². The lowest BCUT2D eigenvalue weighted by molar-refractivity contribution is 0.378. The largest absolute Gasteiger partial charge is 0.370 e. The highest BCUT2D eigenvalue weighted by Crippen LogP contribution is 2.24. The van der Waals surface area contributed by atoms with Crippen molar-refractivity contribution in [3.05, 3.63) is 30.4 Å². The van der Waals surface area contributed by atoms with E-state index >= 15 is 0 Å². The molecule has 0 bridgehead atoms. The van der Waals surface area contributed by atoms with E-state index < -0.39 is 0 Å². The van der Waals surface area contributed by atoms with Gasteiger partial charge < -0.3 is 20.1 Å². The summed E-state index contributed by atoms with van der Waals surface area (Å²) in [6.07, 6.45) is 6.52. The monoisotopic (exact) mass is 486 g/mol. The fourth-order valence-corrected chi connectivity index (χ4v) is 4.02. The number of nitrogens with zero attached hydrogens (tertiary/aromatic N) is 7. The van der Waals surface area contributed by atoms with Gasteiger partial charge in [-0.2, -0.15) is 0 Å². The van der Waals surface area contributed by atoms with Gasteiger partial charge >= 0.3 is 0 Å². The molecule has 26 heavy (non-hydrogen) atoms. The minimum atomic E-state index is 0. The number of hydrogen-bond donors (Lipinski definition) is 1. The number of imidazole rings is 1. The number of thioether (sulfide) groups is 1. The van der Waals surface area contributed by atoms with E-state index in [1.807, 2.05) is 17.8 Å². The van der Waals surface area contributed by atoms with Crippen molar-refractivity contribution in [2.45, 2.75) is 18.1 Å². The molecule has 2 aliphatic heterocycles. The van der Waals surface area contributed by atoms with Crippen LogP contribution in [-0.4, -0.2) is 68.9 Å². The second-order valence-electron chi connectivity index (χ2n) is 6.07. The van der Waals surface area contributed by atoms with Crippen LogP contribution < -0.4 is 10.6 Å². The summed E-state index contributed by atoms with van der Waals surface area (Å²) < 4.78 is 2.22. The molecular weight excluding hydrogens is 463 g/mol. The lowest BCUT2D eigenvalue weighted by Crippen LogP contribution is -2.51. The number of rotatable bonds is 4. The topological polar surface area (TPSA) is 88.5 Å². The van der Waals surface area contributed by atoms with Crippen LogP contribution in [-0.2, 0) is 13.0 Å². The van der Waals surface area contributed by atoms with Crippen LogP contribution in [0.3, 0.4) is 0 Å². The van der Waals surface area contributed by atoms with E-state index in [4.69, 9.17) is 5.73 Å². The average Bonchev–Trinajstić information content (AvgIpc) is 3.24. The van der Waals surface area contributed by atoms with Crippen LogP contribution in [0.15, 0.2) is 34.8 Å². The zero-order valence-electron chi connectivity index (χ0n) is 14.5. The quantitative estimate of drug-likeness (QED) is 0.393. The predicted molar refractivity (Wildman–Crippen MR) is 114 cm³/mol. The molecule has 0 aromatic carbocycles. The first-order valence-corrected chi connectivity index (χ1v) is 9.54. The van der Waals surface area contributed by atoms with Gasteiger partial charge in [-0.3, -0.25) is 4.99 Å². The number of hydrogen-bond acceptors (Lipinski definition) is 6. The molecule has 4 heterocycles. The maximum atomic E-state index is 6.17. The van der Waals surface area contributed by atoms with E-state index in [0.717, 1.165) is 61.7 Å². The predicted octanol–water partition coefficient (Wildman–Crippen LogP) is 1.08. The molecule has 0 saturated carbocycles. The number of guanidine groups is 1. The van der Waals surface area contributed by atoms with Crippen LogP contribution in [0.25, 0.3) is 0 Å². The second kappa shape index (κ2) is 8.89. The Morgan fingerprint density at radius 2 is 1.92 bits per heavy atom. The molecule has 0 radical (unpaired) electrons. The van der Waals surface area contributed by atoms with Gasteiger partial charge in [0.1, 0.15) is 0 Å². The van der Waals surface area contributed by atoms with Crippen molar-refractivity contribution >= 4 is 47.6 Å². The van der Waals surface area contributed by atoms with Crippen molar-refractivity contribution in [3.63, 3.8) is 0 Å². The number of aliphatic imine (C=N–C) groups is 1. The molecule has 140 valence electrons. The number of piperazine rings is 1. The summed E-state index contributed by atoms with van der Waals surface area (Å²) in [6, 6.07) is 1.83. The maximum Gasteiger partial charge on any atom is 0.225 e. The average molecular weight is 486 g/mol. The number of aryl methyl sites for hydroxylation is 1. The lowest BCUT2D eigenvalue weighted by Gasteiger charge is -2.35. The molecule has 1 fully saturated rings. The maximum absolute atomic E-state index is 6.17. The highest BCUT2D eigenvalue weighted by molar-refractivity contribution is 14.0. The summed E-state index contributed by atoms with van der Waals surface area (Å²) in [7, 11) is 0. The minimum Gasteiger partial charge on any atom is -0.370 e. The van der Waals surface area contributed by atoms with E-state index in [1.165, 1.54) is 0 Å². The minimum absolute atomic E-state index is 0. The van der Waals surface area contributed by atoms with Crippen molar-refractivity contribution in [1.82, 2.24) is 24.4 Å². The molecule has 0 aliphatic carbocycles. The molecule has 2 aromatic heterocycles. The molecule has 10 heteroatoms. The molecular formula is C16H23IN8S. The highest BCUT2D eigenvalue weighted by atomic mass is 127. The molecule has 2 aliphatic rings. The third-order valence-corrected chi connectivity index (χ3v) is 5.40. The van der Waals surface area contributed by atoms with E-state index in [2.05, 4.69) is 40.5 Å². The van der Waals surface area contributed by atoms with E-state index in [0.29, 0.717) is 12.5 Å². The Morgan fingerprint density at radius 1 is 1.15 bits per heavy atom. The van der Waals surface area contributed by atoms with Crippen LogP contribution in [0.4, 0.5) is 5.95 Å². The molecule has 0 atom stereocenters. The van der Waals surface area contributed by atoms with Crippen LogP contribution in [0.5, 0.6) is 0 Å². The number of halogens is 1. The van der Waals surface area contributed by atoms with E-state index in [1.54, 1.807) is 12.4 Å². The second-order valence-corrected chi connectivity index (χ2v) is 7.13. The van der Waals surface area contributed by atoms with E-state index in [-0.39, 0.29) is 24.0 Å². The Bertz CT molecular complexity index is 720. The summed E-state index contributed by atoms with van der Waals surface area (Å²) in [6.45, 7) is 5.12. The summed E-state index contributed by atoms with van der Waals surface area (Å²) in [4.78, 5) is 22.1. The van der Waals surface area contributed by atoms with Crippen molar-refractivity contribution in [3.8, 4) is 0 Å². The molecule has 0 unspecified atom stereocenters. The van der Waals surface area contributed by atoms with Gasteiger partial charge in [-0.15, -0.1) is 24.0 Å². The van der Waals surface area contributed by atoms with Crippen molar-refractivity contribution in [2.24, 2.45) is 10.7 Å². The van der Waals surface area contributed by atoms with Gasteiger partial charge in [0.2, 0.25) is 5.95 Å². The van der Waals surface area contributed by atoms with Crippen LogP contribution in [0.2, 0.25) is 0 Å².